The molecule has 1 N–H and O–H groups in total. The summed E-state index contributed by atoms with van der Waals surface area (Å²) in [6, 6.07) is 10.2. The van der Waals surface area contributed by atoms with Gasteiger partial charge in [0.25, 0.3) is 0 Å². The summed E-state index contributed by atoms with van der Waals surface area (Å²) in [7, 11) is 0. The lowest BCUT2D eigenvalue weighted by atomic mass is 9.97. The Hall–Kier alpha value is -2.51. The van der Waals surface area contributed by atoms with E-state index in [9.17, 15) is 4.79 Å². The molecule has 0 saturated heterocycles. The number of benzene rings is 1. The zero-order chi connectivity index (χ0) is 17.8. The van der Waals surface area contributed by atoms with Crippen molar-refractivity contribution < 1.29 is 13.9 Å². The molecule has 0 saturated carbocycles. The van der Waals surface area contributed by atoms with E-state index in [1.165, 1.54) is 5.56 Å². The molecule has 1 amide bonds. The van der Waals surface area contributed by atoms with Gasteiger partial charge in [-0.3, -0.25) is 4.79 Å². The standard InChI is InChI=1S/C19H19N3O3S/c23-17(5-6-18-21-22-19(25-18)14-8-10-26-12-14)20-11-16-15-4-2-1-3-13(15)7-9-24-16/h1-4,8,10,12,16H,5-7,9,11H2,(H,20,23). The average Bonchev–Trinajstić information content (AvgIpc) is 3.36. The monoisotopic (exact) mass is 369 g/mol. The Labute approximate surface area is 155 Å². The Morgan fingerprint density at radius 2 is 2.19 bits per heavy atom. The maximum absolute atomic E-state index is 12.2. The van der Waals surface area contributed by atoms with E-state index in [-0.39, 0.29) is 12.0 Å². The Kier molecular flexibility index (Phi) is 5.08. The smallest absolute Gasteiger partial charge is 0.248 e. The number of rotatable bonds is 6. The molecule has 0 spiro atoms. The van der Waals surface area contributed by atoms with Crippen molar-refractivity contribution in [2.24, 2.45) is 0 Å². The molecule has 0 aliphatic carbocycles. The van der Waals surface area contributed by atoms with Crippen LogP contribution in [0.5, 0.6) is 0 Å². The highest BCUT2D eigenvalue weighted by molar-refractivity contribution is 7.08. The summed E-state index contributed by atoms with van der Waals surface area (Å²) in [6.45, 7) is 1.16. The van der Waals surface area contributed by atoms with Gasteiger partial charge in [-0.2, -0.15) is 11.3 Å². The van der Waals surface area contributed by atoms with Gasteiger partial charge in [0.2, 0.25) is 17.7 Å². The first-order valence-electron chi connectivity index (χ1n) is 8.60. The molecule has 0 fully saturated rings. The second kappa shape index (κ2) is 7.80. The summed E-state index contributed by atoms with van der Waals surface area (Å²) in [5, 5.41) is 14.9. The topological polar surface area (TPSA) is 77.2 Å². The van der Waals surface area contributed by atoms with Gasteiger partial charge in [0.1, 0.15) is 6.10 Å². The highest BCUT2D eigenvalue weighted by Gasteiger charge is 2.21. The van der Waals surface area contributed by atoms with Crippen molar-refractivity contribution in [1.29, 1.82) is 0 Å². The SMILES string of the molecule is O=C(CCc1nnc(-c2ccsc2)o1)NCC1OCCc2ccccc21. The molecule has 1 aliphatic rings. The number of fused-ring (bicyclic) bond motifs is 1. The second-order valence-corrected chi connectivity index (χ2v) is 6.91. The normalized spacial score (nSPS) is 16.2. The van der Waals surface area contributed by atoms with Crippen LogP contribution in [-0.4, -0.2) is 29.3 Å². The lowest BCUT2D eigenvalue weighted by molar-refractivity contribution is -0.121. The number of carbonyl (C=O) groups is 1. The van der Waals surface area contributed by atoms with E-state index < -0.39 is 0 Å². The maximum atomic E-state index is 12.2. The lowest BCUT2D eigenvalue weighted by Crippen LogP contribution is -2.32. The first kappa shape index (κ1) is 16.9. The van der Waals surface area contributed by atoms with Crippen LogP contribution in [0.4, 0.5) is 0 Å². The van der Waals surface area contributed by atoms with E-state index in [1.54, 1.807) is 11.3 Å². The largest absolute Gasteiger partial charge is 0.421 e. The fraction of sp³-hybridized carbons (Fsp3) is 0.316. The van der Waals surface area contributed by atoms with Crippen LogP contribution >= 0.6 is 11.3 Å². The van der Waals surface area contributed by atoms with Crippen LogP contribution in [0.2, 0.25) is 0 Å². The summed E-state index contributed by atoms with van der Waals surface area (Å²) in [6.07, 6.45) is 1.56. The Balaban J connectivity index is 1.28. The molecule has 0 radical (unpaired) electrons. The first-order chi connectivity index (χ1) is 12.8. The van der Waals surface area contributed by atoms with Crippen molar-refractivity contribution in [3.63, 3.8) is 0 Å². The van der Waals surface area contributed by atoms with Gasteiger partial charge in [0.15, 0.2) is 0 Å². The van der Waals surface area contributed by atoms with Crippen molar-refractivity contribution in [2.75, 3.05) is 13.2 Å². The number of hydrogen-bond donors (Lipinski definition) is 1. The predicted molar refractivity (Wildman–Crippen MR) is 97.8 cm³/mol. The number of carbonyl (C=O) groups excluding carboxylic acids is 1. The van der Waals surface area contributed by atoms with Crippen LogP contribution in [0.25, 0.3) is 11.5 Å². The highest BCUT2D eigenvalue weighted by Crippen LogP contribution is 2.26. The third-order valence-corrected chi connectivity index (χ3v) is 5.06. The van der Waals surface area contributed by atoms with Gasteiger partial charge in [-0.25, -0.2) is 0 Å². The molecular formula is C19H19N3O3S. The van der Waals surface area contributed by atoms with Crippen molar-refractivity contribution in [3.05, 3.63) is 58.1 Å². The number of hydrogen-bond acceptors (Lipinski definition) is 6. The quantitative estimate of drug-likeness (QED) is 0.722. The molecule has 1 aliphatic heterocycles. The second-order valence-electron chi connectivity index (χ2n) is 6.13. The molecule has 7 heteroatoms. The first-order valence-corrected chi connectivity index (χ1v) is 9.55. The van der Waals surface area contributed by atoms with E-state index >= 15 is 0 Å². The molecule has 3 aromatic rings. The van der Waals surface area contributed by atoms with Gasteiger partial charge in [-0.05, 0) is 29.0 Å². The molecule has 3 heterocycles. The van der Waals surface area contributed by atoms with E-state index in [4.69, 9.17) is 9.15 Å². The van der Waals surface area contributed by atoms with Crippen LogP contribution in [0.1, 0.15) is 29.5 Å². The number of thiophene rings is 1. The predicted octanol–water partition coefficient (Wildman–Crippen LogP) is 3.16. The molecule has 134 valence electrons. The van der Waals surface area contributed by atoms with Crippen LogP contribution < -0.4 is 5.32 Å². The number of nitrogens with one attached hydrogen (secondary N) is 1. The van der Waals surface area contributed by atoms with Gasteiger partial charge in [-0.1, -0.05) is 24.3 Å². The van der Waals surface area contributed by atoms with Crippen LogP contribution in [0.3, 0.4) is 0 Å². The molecule has 2 aromatic heterocycles. The van der Waals surface area contributed by atoms with E-state index in [0.29, 0.717) is 37.8 Å². The zero-order valence-corrected chi connectivity index (χ0v) is 15.0. The Morgan fingerprint density at radius 3 is 3.08 bits per heavy atom. The van der Waals surface area contributed by atoms with Gasteiger partial charge >= 0.3 is 0 Å². The summed E-state index contributed by atoms with van der Waals surface area (Å²) in [4.78, 5) is 12.2. The molecule has 0 bridgehead atoms. The molecule has 6 nitrogen and oxygen atoms in total. The summed E-state index contributed by atoms with van der Waals surface area (Å²) < 4.78 is 11.4. The van der Waals surface area contributed by atoms with Gasteiger partial charge < -0.3 is 14.5 Å². The summed E-state index contributed by atoms with van der Waals surface area (Å²) >= 11 is 1.57. The number of amides is 1. The van der Waals surface area contributed by atoms with Crippen LogP contribution in [0.15, 0.2) is 45.5 Å². The van der Waals surface area contributed by atoms with Gasteiger partial charge in [-0.15, -0.1) is 10.2 Å². The van der Waals surface area contributed by atoms with Crippen molar-refractivity contribution >= 4 is 17.2 Å². The minimum Gasteiger partial charge on any atom is -0.421 e. The van der Waals surface area contributed by atoms with E-state index in [0.717, 1.165) is 17.5 Å². The molecule has 1 unspecified atom stereocenters. The molecular weight excluding hydrogens is 350 g/mol. The third-order valence-electron chi connectivity index (χ3n) is 4.38. The fourth-order valence-corrected chi connectivity index (χ4v) is 3.65. The maximum Gasteiger partial charge on any atom is 0.248 e. The number of nitrogens with zero attached hydrogens (tertiary/aromatic N) is 2. The molecule has 26 heavy (non-hydrogen) atoms. The van der Waals surface area contributed by atoms with Gasteiger partial charge in [0.05, 0.1) is 6.61 Å². The van der Waals surface area contributed by atoms with Crippen LogP contribution in [-0.2, 0) is 22.4 Å². The number of ether oxygens (including phenoxy) is 1. The lowest BCUT2D eigenvalue weighted by Gasteiger charge is -2.26. The number of aromatic nitrogens is 2. The van der Waals surface area contributed by atoms with Crippen molar-refractivity contribution in [2.45, 2.75) is 25.4 Å². The molecule has 1 atom stereocenters. The molecule has 1 aromatic carbocycles. The highest BCUT2D eigenvalue weighted by atomic mass is 32.1. The van der Waals surface area contributed by atoms with E-state index in [2.05, 4.69) is 27.6 Å². The fourth-order valence-electron chi connectivity index (χ4n) is 3.02. The average molecular weight is 369 g/mol. The third kappa shape index (κ3) is 3.84. The summed E-state index contributed by atoms with van der Waals surface area (Å²) in [5.74, 6) is 0.918. The van der Waals surface area contributed by atoms with Crippen molar-refractivity contribution in [1.82, 2.24) is 15.5 Å². The zero-order valence-electron chi connectivity index (χ0n) is 14.2. The van der Waals surface area contributed by atoms with E-state index in [1.807, 2.05) is 29.0 Å². The van der Waals surface area contributed by atoms with Crippen molar-refractivity contribution in [3.8, 4) is 11.5 Å². The number of aryl methyl sites for hydroxylation is 1. The summed E-state index contributed by atoms with van der Waals surface area (Å²) in [5.41, 5.74) is 3.37. The Morgan fingerprint density at radius 1 is 1.27 bits per heavy atom. The minimum atomic E-state index is -0.0856. The van der Waals surface area contributed by atoms with Crippen LogP contribution in [0, 0.1) is 0 Å². The minimum absolute atomic E-state index is 0.0491. The Bertz CT molecular complexity index is 876. The molecule has 4 rings (SSSR count). The van der Waals surface area contributed by atoms with Gasteiger partial charge in [0, 0.05) is 30.3 Å².